The maximum absolute atomic E-state index is 5.90. The first-order chi connectivity index (χ1) is 33.5. The zero-order chi connectivity index (χ0) is 50.7. The van der Waals surface area contributed by atoms with Crippen LogP contribution in [0.2, 0.25) is 24.2 Å². The van der Waals surface area contributed by atoms with Crippen molar-refractivity contribution >= 4 is 35.2 Å². The average molecular weight is 1060 g/mol. The van der Waals surface area contributed by atoms with E-state index in [9.17, 15) is 0 Å². The molecule has 3 atom stereocenters. The van der Waals surface area contributed by atoms with Crippen molar-refractivity contribution in [2.75, 3.05) is 121 Å². The summed E-state index contributed by atoms with van der Waals surface area (Å²) in [5, 5.41) is 0. The molecule has 1 heterocycles. The second-order valence-electron chi connectivity index (χ2n) is 18.3. The van der Waals surface area contributed by atoms with Crippen LogP contribution in [0, 0.1) is 23.7 Å². The Hall–Kier alpha value is 0.228. The molecule has 1 aliphatic heterocycles. The van der Waals surface area contributed by atoms with Gasteiger partial charge in [0, 0.05) is 145 Å². The summed E-state index contributed by atoms with van der Waals surface area (Å²) in [4.78, 5) is 0. The van der Waals surface area contributed by atoms with Gasteiger partial charge in [-0.15, -0.1) is 0 Å². The molecule has 0 aromatic carbocycles. The third kappa shape index (κ3) is 29.2. The van der Waals surface area contributed by atoms with Crippen molar-refractivity contribution in [3.63, 3.8) is 0 Å². The van der Waals surface area contributed by atoms with Crippen molar-refractivity contribution in [3.8, 4) is 0 Å². The van der Waals surface area contributed by atoms with E-state index in [0.717, 1.165) is 113 Å². The second-order valence-corrected chi connectivity index (χ2v) is 29.7. The zero-order valence-corrected chi connectivity index (χ0v) is 49.9. The maximum Gasteiger partial charge on any atom is 0.501 e. The Balaban J connectivity index is 0.000000317. The van der Waals surface area contributed by atoms with Crippen LogP contribution in [0.1, 0.15) is 139 Å². The fraction of sp³-hybridized carbons (Fsp3) is 1.00. The normalized spacial score (nSPS) is 20.3. The molecule has 4 aliphatic carbocycles. The lowest BCUT2D eigenvalue weighted by atomic mass is 9.88. The molecule has 412 valence electrons. The van der Waals surface area contributed by atoms with E-state index >= 15 is 0 Å². The van der Waals surface area contributed by atoms with Gasteiger partial charge in [0.2, 0.25) is 0 Å². The average Bonchev–Trinajstić information content (AvgIpc) is 4.11. The summed E-state index contributed by atoms with van der Waals surface area (Å²) in [7, 11) is -3.02. The Morgan fingerprint density at radius 3 is 0.971 bits per heavy atom. The van der Waals surface area contributed by atoms with Crippen LogP contribution in [0.3, 0.4) is 0 Å². The van der Waals surface area contributed by atoms with Crippen LogP contribution < -0.4 is 0 Å². The fourth-order valence-corrected chi connectivity index (χ4v) is 17.6. The third-order valence-electron chi connectivity index (χ3n) is 12.6. The summed E-state index contributed by atoms with van der Waals surface area (Å²) in [5.41, 5.74) is 0. The molecule has 0 spiro atoms. The van der Waals surface area contributed by atoms with Crippen LogP contribution in [0.4, 0.5) is 0 Å². The molecular formula is C49H104O16Si4. The number of ether oxygens (including phenoxy) is 4. The van der Waals surface area contributed by atoms with Gasteiger partial charge in [-0.25, -0.2) is 0 Å². The number of epoxide rings is 1. The maximum atomic E-state index is 5.90. The summed E-state index contributed by atoms with van der Waals surface area (Å²) in [6, 6.07) is 3.47. The van der Waals surface area contributed by atoms with E-state index in [2.05, 4.69) is 0 Å². The van der Waals surface area contributed by atoms with Gasteiger partial charge in [0.15, 0.2) is 0 Å². The summed E-state index contributed by atoms with van der Waals surface area (Å²) < 4.78 is 90.3. The molecule has 5 rings (SSSR count). The smallest absolute Gasteiger partial charge is 0.381 e. The SMILES string of the molecule is CCO[Si](CCC1CCC2OC2C1)(OCC)OCC.CCO[Si](CCCOCC1CC1)(OC)OCC.CCO[Si](CCCOCC1CC1)(OCC)OCC.CO[Si](CCCOCC1CC1)(OC)OC. The van der Waals surface area contributed by atoms with Crippen LogP contribution in [-0.2, 0) is 72.1 Å². The zero-order valence-electron chi connectivity index (χ0n) is 45.9. The van der Waals surface area contributed by atoms with Gasteiger partial charge in [0.25, 0.3) is 0 Å². The van der Waals surface area contributed by atoms with E-state index in [1.807, 2.05) is 55.4 Å². The highest BCUT2D eigenvalue weighted by molar-refractivity contribution is 6.61. The van der Waals surface area contributed by atoms with Crippen LogP contribution in [0.25, 0.3) is 0 Å². The number of hydrogen-bond acceptors (Lipinski definition) is 16. The Morgan fingerprint density at radius 2 is 0.652 bits per heavy atom. The molecule has 0 bridgehead atoms. The van der Waals surface area contributed by atoms with Gasteiger partial charge in [-0.1, -0.05) is 0 Å². The molecule has 3 unspecified atom stereocenters. The summed E-state index contributed by atoms with van der Waals surface area (Å²) in [5.74, 6) is 3.26. The highest BCUT2D eigenvalue weighted by Gasteiger charge is 2.46. The minimum atomic E-state index is -2.44. The third-order valence-corrected chi connectivity index (χ3v) is 24.7. The lowest BCUT2D eigenvalue weighted by Crippen LogP contribution is -2.46. The standard InChI is InChI=1S/C14H28O4Si.C13H28O4Si.C12H26O4Si.C10H22O4Si/c1-4-15-19(16-5-2,17-6-3)10-9-12-7-8-13-14(11-12)18-13;1-4-15-18(16-5-2,17-6-3)11-7-10-14-12-13-8-9-13;1-4-15-17(13-3,16-5-2)10-6-9-14-11-12-7-8-12;1-11-15(12-2,13-3)8-4-7-14-9-10-5-6-10/h12-14H,4-11H2,1-3H3;13H,4-12H2,1-3H3;12H,4-11H2,1-3H3;10H,4-9H2,1-3H3. The number of hydrogen-bond donors (Lipinski definition) is 0. The van der Waals surface area contributed by atoms with E-state index in [1.165, 1.54) is 57.8 Å². The first-order valence-corrected chi connectivity index (χ1v) is 34.9. The fourth-order valence-electron chi connectivity index (χ4n) is 8.31. The van der Waals surface area contributed by atoms with Crippen molar-refractivity contribution in [2.24, 2.45) is 23.7 Å². The van der Waals surface area contributed by atoms with Gasteiger partial charge >= 0.3 is 35.2 Å². The Bertz CT molecular complexity index is 1150. The van der Waals surface area contributed by atoms with Crippen molar-refractivity contribution in [3.05, 3.63) is 0 Å². The molecule has 4 saturated carbocycles. The highest BCUT2D eigenvalue weighted by atomic mass is 28.4. The van der Waals surface area contributed by atoms with Crippen molar-refractivity contribution in [2.45, 2.75) is 175 Å². The molecule has 0 aromatic rings. The molecule has 0 amide bonds. The van der Waals surface area contributed by atoms with E-state index in [4.69, 9.17) is 72.1 Å². The first kappa shape index (κ1) is 65.3. The summed E-state index contributed by atoms with van der Waals surface area (Å²) >= 11 is 0. The molecule has 1 saturated heterocycles. The van der Waals surface area contributed by atoms with E-state index in [0.29, 0.717) is 65.1 Å². The minimum absolute atomic E-state index is 0.557. The molecule has 0 aromatic heterocycles. The summed E-state index contributed by atoms with van der Waals surface area (Å²) in [6.07, 6.45) is 16.9. The Morgan fingerprint density at radius 1 is 0.348 bits per heavy atom. The van der Waals surface area contributed by atoms with Crippen LogP contribution in [0.15, 0.2) is 0 Å². The Labute approximate surface area is 425 Å². The Kier molecular flexibility index (Phi) is 36.7. The minimum Gasteiger partial charge on any atom is -0.381 e. The van der Waals surface area contributed by atoms with Gasteiger partial charge in [-0.05, 0) is 163 Å². The van der Waals surface area contributed by atoms with Crippen LogP contribution in [0.5, 0.6) is 0 Å². The first-order valence-electron chi connectivity index (χ1n) is 27.2. The summed E-state index contributed by atoms with van der Waals surface area (Å²) in [6.45, 7) is 26.3. The van der Waals surface area contributed by atoms with Gasteiger partial charge in [-0.3, -0.25) is 0 Å². The lowest BCUT2D eigenvalue weighted by molar-refractivity contribution is 0.0651. The van der Waals surface area contributed by atoms with Gasteiger partial charge in [-0.2, -0.15) is 0 Å². The van der Waals surface area contributed by atoms with Gasteiger partial charge < -0.3 is 72.1 Å². The van der Waals surface area contributed by atoms with E-state index < -0.39 is 35.2 Å². The van der Waals surface area contributed by atoms with Crippen molar-refractivity contribution in [1.29, 1.82) is 0 Å². The number of rotatable bonds is 41. The van der Waals surface area contributed by atoms with Crippen LogP contribution in [-0.4, -0.2) is 168 Å². The van der Waals surface area contributed by atoms with Crippen molar-refractivity contribution in [1.82, 2.24) is 0 Å². The predicted octanol–water partition coefficient (Wildman–Crippen LogP) is 9.99. The van der Waals surface area contributed by atoms with Gasteiger partial charge in [0.05, 0.1) is 12.2 Å². The van der Waals surface area contributed by atoms with Crippen LogP contribution >= 0.6 is 0 Å². The monoisotopic (exact) mass is 1060 g/mol. The molecule has 0 radical (unpaired) electrons. The van der Waals surface area contributed by atoms with Gasteiger partial charge in [0.1, 0.15) is 0 Å². The highest BCUT2D eigenvalue weighted by Crippen LogP contribution is 2.42. The van der Waals surface area contributed by atoms with Crippen molar-refractivity contribution < 1.29 is 72.1 Å². The molecule has 5 aliphatic rings. The molecular weight excluding hydrogens is 957 g/mol. The second kappa shape index (κ2) is 38.7. The molecule has 0 N–H and O–H groups in total. The largest absolute Gasteiger partial charge is 0.501 e. The molecule has 5 fully saturated rings. The predicted molar refractivity (Wildman–Crippen MR) is 278 cm³/mol. The molecule has 20 heteroatoms. The quantitative estimate of drug-likeness (QED) is 0.0324. The van der Waals surface area contributed by atoms with E-state index in [1.54, 1.807) is 28.4 Å². The number of fused-ring (bicyclic) bond motifs is 1. The molecule has 16 nitrogen and oxygen atoms in total. The molecule has 69 heavy (non-hydrogen) atoms. The van der Waals surface area contributed by atoms with E-state index in [-0.39, 0.29) is 0 Å². The topological polar surface area (TPSA) is 151 Å². The lowest BCUT2D eigenvalue weighted by Gasteiger charge is -2.30.